The molecule has 0 bridgehead atoms. The van der Waals surface area contributed by atoms with Gasteiger partial charge in [-0.3, -0.25) is 4.98 Å². The Hall–Kier alpha value is -1.60. The molecule has 0 aromatic carbocycles. The first kappa shape index (κ1) is 11.9. The lowest BCUT2D eigenvalue weighted by atomic mass is 10.2. The Morgan fingerprint density at radius 1 is 1.41 bits per heavy atom. The van der Waals surface area contributed by atoms with Crippen LogP contribution < -0.4 is 10.2 Å². The van der Waals surface area contributed by atoms with Gasteiger partial charge in [0.1, 0.15) is 6.07 Å². The van der Waals surface area contributed by atoms with Gasteiger partial charge in [0.15, 0.2) is 0 Å². The number of nitrogens with zero attached hydrogens (tertiary/aromatic N) is 3. The van der Waals surface area contributed by atoms with Gasteiger partial charge in [0.25, 0.3) is 0 Å². The second kappa shape index (κ2) is 5.65. The molecule has 0 amide bonds. The monoisotopic (exact) mass is 230 g/mol. The Morgan fingerprint density at radius 3 is 3.06 bits per heavy atom. The minimum absolute atomic E-state index is 0.355. The van der Waals surface area contributed by atoms with E-state index in [4.69, 9.17) is 5.26 Å². The molecule has 2 heterocycles. The number of pyridine rings is 1. The lowest BCUT2D eigenvalue weighted by Crippen LogP contribution is -2.43. The highest BCUT2D eigenvalue weighted by molar-refractivity contribution is 5.49. The maximum atomic E-state index is 8.91. The van der Waals surface area contributed by atoms with E-state index in [-0.39, 0.29) is 0 Å². The van der Waals surface area contributed by atoms with Crippen molar-refractivity contribution >= 4 is 5.69 Å². The highest BCUT2D eigenvalue weighted by Gasteiger charge is 2.19. The number of nitriles is 1. The molecule has 0 aliphatic carbocycles. The summed E-state index contributed by atoms with van der Waals surface area (Å²) < 4.78 is 0. The van der Waals surface area contributed by atoms with Gasteiger partial charge in [-0.15, -0.1) is 0 Å². The van der Waals surface area contributed by atoms with Crippen molar-refractivity contribution in [3.63, 3.8) is 0 Å². The van der Waals surface area contributed by atoms with E-state index in [9.17, 15) is 0 Å². The van der Waals surface area contributed by atoms with Crippen molar-refractivity contribution in [1.29, 1.82) is 5.26 Å². The highest BCUT2D eigenvalue weighted by Crippen LogP contribution is 2.22. The van der Waals surface area contributed by atoms with E-state index >= 15 is 0 Å². The number of rotatable bonds is 2. The lowest BCUT2D eigenvalue weighted by Gasteiger charge is -2.31. The van der Waals surface area contributed by atoms with Crippen LogP contribution in [-0.2, 0) is 0 Å². The van der Waals surface area contributed by atoms with Gasteiger partial charge in [-0.2, -0.15) is 5.26 Å². The van der Waals surface area contributed by atoms with E-state index in [2.05, 4.69) is 21.3 Å². The third kappa shape index (κ3) is 2.75. The average Bonchev–Trinajstić information content (AvgIpc) is 2.63. The van der Waals surface area contributed by atoms with Crippen LogP contribution in [0.2, 0.25) is 0 Å². The minimum Gasteiger partial charge on any atom is -0.355 e. The van der Waals surface area contributed by atoms with Crippen LogP contribution in [0.5, 0.6) is 0 Å². The molecule has 0 saturated carbocycles. The van der Waals surface area contributed by atoms with Crippen LogP contribution in [0.25, 0.3) is 0 Å². The highest BCUT2D eigenvalue weighted by atomic mass is 15.3. The molecule has 1 aliphatic rings. The summed E-state index contributed by atoms with van der Waals surface area (Å²) in [7, 11) is 1.99. The van der Waals surface area contributed by atoms with Crippen LogP contribution in [0.1, 0.15) is 31.2 Å². The molecule has 0 radical (unpaired) electrons. The summed E-state index contributed by atoms with van der Waals surface area (Å²) in [6.07, 6.45) is 8.69. The largest absolute Gasteiger partial charge is 0.355 e. The van der Waals surface area contributed by atoms with Crippen molar-refractivity contribution in [2.24, 2.45) is 0 Å². The first-order chi connectivity index (χ1) is 8.35. The third-order valence-electron chi connectivity index (χ3n) is 3.27. The second-order valence-electron chi connectivity index (χ2n) is 4.39. The SMILES string of the molecule is CNC1CCCCCN1c1cncc(C#N)c1. The van der Waals surface area contributed by atoms with E-state index in [0.29, 0.717) is 11.7 Å². The summed E-state index contributed by atoms with van der Waals surface area (Å²) in [5.41, 5.74) is 1.67. The quantitative estimate of drug-likeness (QED) is 0.842. The summed E-state index contributed by atoms with van der Waals surface area (Å²) in [6.45, 7) is 1.03. The number of anilines is 1. The lowest BCUT2D eigenvalue weighted by molar-refractivity contribution is 0.507. The fourth-order valence-electron chi connectivity index (χ4n) is 2.36. The fraction of sp³-hybridized carbons (Fsp3) is 0.538. The number of nitrogens with one attached hydrogen (secondary N) is 1. The first-order valence-corrected chi connectivity index (χ1v) is 6.14. The van der Waals surface area contributed by atoms with Gasteiger partial charge < -0.3 is 10.2 Å². The maximum absolute atomic E-state index is 8.91. The zero-order valence-electron chi connectivity index (χ0n) is 10.2. The maximum Gasteiger partial charge on any atom is 0.101 e. The molecular weight excluding hydrogens is 212 g/mol. The molecular formula is C13H18N4. The van der Waals surface area contributed by atoms with Gasteiger partial charge >= 0.3 is 0 Å². The van der Waals surface area contributed by atoms with Crippen LogP contribution in [0, 0.1) is 11.3 Å². The van der Waals surface area contributed by atoms with Gasteiger partial charge in [-0.05, 0) is 32.4 Å². The predicted octanol–water partition coefficient (Wildman–Crippen LogP) is 1.88. The van der Waals surface area contributed by atoms with E-state index in [1.54, 1.807) is 6.20 Å². The van der Waals surface area contributed by atoms with E-state index in [1.165, 1.54) is 19.3 Å². The number of aromatic nitrogens is 1. The Kier molecular flexibility index (Phi) is 3.94. The Balaban J connectivity index is 2.25. The summed E-state index contributed by atoms with van der Waals surface area (Å²) >= 11 is 0. The van der Waals surface area contributed by atoms with Crippen molar-refractivity contribution < 1.29 is 0 Å². The molecule has 90 valence electrons. The van der Waals surface area contributed by atoms with Crippen LogP contribution in [-0.4, -0.2) is 24.7 Å². The van der Waals surface area contributed by atoms with Crippen LogP contribution in [0.3, 0.4) is 0 Å². The Morgan fingerprint density at radius 2 is 2.29 bits per heavy atom. The first-order valence-electron chi connectivity index (χ1n) is 6.14. The summed E-state index contributed by atoms with van der Waals surface area (Å²) in [6, 6.07) is 4.06. The third-order valence-corrected chi connectivity index (χ3v) is 3.27. The van der Waals surface area contributed by atoms with E-state index in [0.717, 1.165) is 18.7 Å². The number of hydrogen-bond donors (Lipinski definition) is 1. The molecule has 1 aromatic rings. The summed E-state index contributed by atoms with van der Waals surface area (Å²) in [4.78, 5) is 6.46. The van der Waals surface area contributed by atoms with Gasteiger partial charge in [-0.1, -0.05) is 6.42 Å². The minimum atomic E-state index is 0.355. The molecule has 1 unspecified atom stereocenters. The van der Waals surface area contributed by atoms with Gasteiger partial charge in [0.05, 0.1) is 23.6 Å². The predicted molar refractivity (Wildman–Crippen MR) is 67.6 cm³/mol. The van der Waals surface area contributed by atoms with Crippen molar-refractivity contribution in [2.45, 2.75) is 31.8 Å². The van der Waals surface area contributed by atoms with Gasteiger partial charge in [-0.25, -0.2) is 0 Å². The van der Waals surface area contributed by atoms with Crippen LogP contribution in [0.4, 0.5) is 5.69 Å². The molecule has 1 saturated heterocycles. The summed E-state index contributed by atoms with van der Waals surface area (Å²) in [5.74, 6) is 0. The van der Waals surface area contributed by atoms with E-state index in [1.807, 2.05) is 19.3 Å². The smallest absolute Gasteiger partial charge is 0.101 e. The normalized spacial score (nSPS) is 20.7. The zero-order valence-corrected chi connectivity index (χ0v) is 10.2. The molecule has 1 aliphatic heterocycles. The molecule has 4 nitrogen and oxygen atoms in total. The fourth-order valence-corrected chi connectivity index (χ4v) is 2.36. The number of hydrogen-bond acceptors (Lipinski definition) is 4. The Labute approximate surface area is 102 Å². The van der Waals surface area contributed by atoms with Crippen molar-refractivity contribution in [3.8, 4) is 6.07 Å². The van der Waals surface area contributed by atoms with Crippen LogP contribution >= 0.6 is 0 Å². The standard InChI is InChI=1S/C13H18N4/c1-15-13-5-3-2-4-6-17(13)12-7-11(8-14)9-16-10-12/h7,9-10,13,15H,2-6H2,1H3. The molecule has 2 rings (SSSR count). The molecule has 1 aromatic heterocycles. The molecule has 1 N–H and O–H groups in total. The Bertz CT molecular complexity index is 410. The van der Waals surface area contributed by atoms with Crippen LogP contribution in [0.15, 0.2) is 18.5 Å². The molecule has 1 fully saturated rings. The second-order valence-corrected chi connectivity index (χ2v) is 4.39. The van der Waals surface area contributed by atoms with Gasteiger partial charge in [0.2, 0.25) is 0 Å². The molecule has 17 heavy (non-hydrogen) atoms. The summed E-state index contributed by atoms with van der Waals surface area (Å²) in [5, 5.41) is 12.3. The average molecular weight is 230 g/mol. The van der Waals surface area contributed by atoms with Crippen molar-refractivity contribution in [2.75, 3.05) is 18.5 Å². The van der Waals surface area contributed by atoms with E-state index < -0.39 is 0 Å². The molecule has 1 atom stereocenters. The van der Waals surface area contributed by atoms with Crippen molar-refractivity contribution in [1.82, 2.24) is 10.3 Å². The zero-order chi connectivity index (χ0) is 12.1. The van der Waals surface area contributed by atoms with Crippen molar-refractivity contribution in [3.05, 3.63) is 24.0 Å². The topological polar surface area (TPSA) is 52.0 Å². The molecule has 0 spiro atoms. The van der Waals surface area contributed by atoms with Gasteiger partial charge in [0, 0.05) is 12.7 Å². The molecule has 4 heteroatoms.